The zero-order valence-corrected chi connectivity index (χ0v) is 15.5. The maximum Gasteiger partial charge on any atom is 0.141 e. The van der Waals surface area contributed by atoms with Gasteiger partial charge < -0.3 is 14.7 Å². The van der Waals surface area contributed by atoms with Crippen molar-refractivity contribution in [3.05, 3.63) is 71.9 Å². The molecule has 1 aliphatic heterocycles. The van der Waals surface area contributed by atoms with E-state index in [0.29, 0.717) is 12.1 Å². The summed E-state index contributed by atoms with van der Waals surface area (Å²) in [4.78, 5) is 6.52. The second-order valence-electron chi connectivity index (χ2n) is 6.55. The molecule has 1 aromatic heterocycles. The molecule has 4 nitrogen and oxygen atoms in total. The predicted octanol–water partition coefficient (Wildman–Crippen LogP) is 4.88. The number of aromatic hydroxyl groups is 1. The van der Waals surface area contributed by atoms with Crippen molar-refractivity contribution in [1.82, 2.24) is 4.98 Å². The third-order valence-electron chi connectivity index (χ3n) is 4.87. The molecule has 0 amide bonds. The number of anilines is 1. The van der Waals surface area contributed by atoms with Gasteiger partial charge in [-0.15, -0.1) is 0 Å². The maximum atomic E-state index is 10.0. The van der Waals surface area contributed by atoms with Crippen molar-refractivity contribution in [2.45, 2.75) is 13.0 Å². The second-order valence-corrected chi connectivity index (χ2v) is 6.55. The molecule has 1 N–H and O–H groups in total. The van der Waals surface area contributed by atoms with Crippen molar-refractivity contribution < 1.29 is 9.84 Å². The number of rotatable bonds is 4. The largest absolute Gasteiger partial charge is 0.506 e. The molecular weight excluding hydrogens is 336 g/mol. The lowest BCUT2D eigenvalue weighted by molar-refractivity contribution is 0.340. The van der Waals surface area contributed by atoms with E-state index in [1.165, 1.54) is 5.69 Å². The summed E-state index contributed by atoms with van der Waals surface area (Å²) in [5.74, 6) is 1.10. The van der Waals surface area contributed by atoms with E-state index in [0.717, 1.165) is 22.3 Å². The minimum absolute atomic E-state index is 0.149. The molecule has 2 heterocycles. The molecular formula is C23H22N2O2. The Morgan fingerprint density at radius 1 is 1.22 bits per heavy atom. The molecule has 4 rings (SSSR count). The number of aromatic nitrogens is 1. The van der Waals surface area contributed by atoms with Crippen LogP contribution in [0, 0.1) is 0 Å². The third-order valence-corrected chi connectivity index (χ3v) is 4.87. The Balaban J connectivity index is 1.63. The van der Waals surface area contributed by atoms with Crippen LogP contribution in [-0.4, -0.2) is 29.8 Å². The number of phenolic OH excluding ortho intramolecular Hbond substituents is 1. The van der Waals surface area contributed by atoms with Crippen molar-refractivity contribution in [2.75, 3.05) is 18.6 Å². The molecule has 1 unspecified atom stereocenters. The first-order valence-electron chi connectivity index (χ1n) is 9.10. The number of pyridine rings is 1. The van der Waals surface area contributed by atoms with Crippen molar-refractivity contribution in [2.24, 2.45) is 0 Å². The molecule has 0 fully saturated rings. The number of fused-ring (bicyclic) bond motifs is 2. The Morgan fingerprint density at radius 3 is 2.96 bits per heavy atom. The lowest BCUT2D eigenvalue weighted by Gasteiger charge is -2.30. The van der Waals surface area contributed by atoms with Crippen molar-refractivity contribution in [1.29, 1.82) is 0 Å². The van der Waals surface area contributed by atoms with Gasteiger partial charge in [0.25, 0.3) is 0 Å². The maximum absolute atomic E-state index is 10.0. The molecule has 0 radical (unpaired) electrons. The van der Waals surface area contributed by atoms with E-state index in [4.69, 9.17) is 4.74 Å². The van der Waals surface area contributed by atoms with Gasteiger partial charge in [-0.3, -0.25) is 4.98 Å². The van der Waals surface area contributed by atoms with E-state index in [1.54, 1.807) is 12.3 Å². The number of phenols is 1. The van der Waals surface area contributed by atoms with Crippen LogP contribution in [0.4, 0.5) is 5.69 Å². The van der Waals surface area contributed by atoms with E-state index in [-0.39, 0.29) is 11.8 Å². The molecule has 0 aliphatic carbocycles. The number of hydrogen-bond donors (Lipinski definition) is 1. The first-order valence-corrected chi connectivity index (χ1v) is 9.10. The summed E-state index contributed by atoms with van der Waals surface area (Å²) >= 11 is 0. The molecule has 136 valence electrons. The molecule has 2 aromatic carbocycles. The third kappa shape index (κ3) is 3.26. The van der Waals surface area contributed by atoms with Crippen LogP contribution in [0.25, 0.3) is 23.1 Å². The summed E-state index contributed by atoms with van der Waals surface area (Å²) in [6, 6.07) is 13.8. The van der Waals surface area contributed by atoms with Crippen LogP contribution in [0.3, 0.4) is 0 Å². The molecule has 27 heavy (non-hydrogen) atoms. The number of hydrogen-bond acceptors (Lipinski definition) is 4. The Labute approximate surface area is 159 Å². The number of ether oxygens (including phenoxy) is 1. The Hall–Kier alpha value is -3.27. The monoisotopic (exact) mass is 358 g/mol. The molecule has 4 heteroatoms. The summed E-state index contributed by atoms with van der Waals surface area (Å²) in [7, 11) is 2.09. The molecule has 1 atom stereocenters. The Morgan fingerprint density at radius 2 is 2.11 bits per heavy atom. The van der Waals surface area contributed by atoms with Gasteiger partial charge in [0.2, 0.25) is 0 Å². The van der Waals surface area contributed by atoms with Crippen LogP contribution in [-0.2, 0) is 0 Å². The average molecular weight is 358 g/mol. The summed E-state index contributed by atoms with van der Waals surface area (Å²) < 4.78 is 5.60. The van der Waals surface area contributed by atoms with E-state index in [1.807, 2.05) is 31.2 Å². The average Bonchev–Trinajstić information content (AvgIpc) is 2.69. The van der Waals surface area contributed by atoms with Crippen LogP contribution in [0.2, 0.25) is 0 Å². The van der Waals surface area contributed by atoms with E-state index < -0.39 is 0 Å². The van der Waals surface area contributed by atoms with Gasteiger partial charge in [0.1, 0.15) is 17.0 Å². The topological polar surface area (TPSA) is 45.6 Å². The van der Waals surface area contributed by atoms with Crippen LogP contribution >= 0.6 is 0 Å². The number of likely N-dealkylation sites (N-methyl/N-ethyl adjacent to an activating group) is 1. The first-order chi connectivity index (χ1) is 13.2. The van der Waals surface area contributed by atoms with Crippen molar-refractivity contribution in [3.8, 4) is 11.5 Å². The van der Waals surface area contributed by atoms with E-state index in [9.17, 15) is 5.11 Å². The molecule has 0 bridgehead atoms. The van der Waals surface area contributed by atoms with E-state index in [2.05, 4.69) is 53.4 Å². The highest BCUT2D eigenvalue weighted by Gasteiger charge is 2.17. The zero-order chi connectivity index (χ0) is 18.8. The lowest BCUT2D eigenvalue weighted by Crippen LogP contribution is -2.30. The SMILES string of the molecule is CCOc1ccc2c(c1)C=CC(/C=C/c1ccc(O)c3ncccc13)N2C. The van der Waals surface area contributed by atoms with Gasteiger partial charge in [-0.05, 0) is 42.8 Å². The molecule has 0 spiro atoms. The highest BCUT2D eigenvalue weighted by molar-refractivity contribution is 5.92. The van der Waals surface area contributed by atoms with Crippen LogP contribution in [0.15, 0.2) is 60.8 Å². The second kappa shape index (κ2) is 7.16. The van der Waals surface area contributed by atoms with Gasteiger partial charge >= 0.3 is 0 Å². The number of nitrogens with zero attached hydrogens (tertiary/aromatic N) is 2. The van der Waals surface area contributed by atoms with Gasteiger partial charge in [-0.25, -0.2) is 0 Å². The predicted molar refractivity (Wildman–Crippen MR) is 111 cm³/mol. The molecule has 1 aliphatic rings. The minimum Gasteiger partial charge on any atom is -0.506 e. The highest BCUT2D eigenvalue weighted by atomic mass is 16.5. The lowest BCUT2D eigenvalue weighted by atomic mass is 10.0. The minimum atomic E-state index is 0.149. The fourth-order valence-electron chi connectivity index (χ4n) is 3.46. The fourth-order valence-corrected chi connectivity index (χ4v) is 3.46. The van der Waals surface area contributed by atoms with Gasteiger partial charge in [0.05, 0.1) is 12.6 Å². The van der Waals surface area contributed by atoms with Crippen molar-refractivity contribution >= 4 is 28.7 Å². The molecule has 0 saturated heterocycles. The van der Waals surface area contributed by atoms with Gasteiger partial charge in [0, 0.05) is 29.9 Å². The summed E-state index contributed by atoms with van der Waals surface area (Å²) in [5.41, 5.74) is 4.00. The van der Waals surface area contributed by atoms with E-state index >= 15 is 0 Å². The molecule has 3 aromatic rings. The summed E-state index contributed by atoms with van der Waals surface area (Å²) in [6.07, 6.45) is 10.3. The summed E-state index contributed by atoms with van der Waals surface area (Å²) in [5, 5.41) is 11.0. The van der Waals surface area contributed by atoms with Crippen LogP contribution in [0.5, 0.6) is 11.5 Å². The molecule has 0 saturated carbocycles. The normalized spacial score (nSPS) is 16.1. The van der Waals surface area contributed by atoms with Gasteiger partial charge in [0.15, 0.2) is 0 Å². The highest BCUT2D eigenvalue weighted by Crippen LogP contribution is 2.32. The van der Waals surface area contributed by atoms with Crippen LogP contribution in [0.1, 0.15) is 18.1 Å². The quantitative estimate of drug-likeness (QED) is 0.722. The van der Waals surface area contributed by atoms with Gasteiger partial charge in [-0.2, -0.15) is 0 Å². The van der Waals surface area contributed by atoms with Gasteiger partial charge in [-0.1, -0.05) is 36.4 Å². The Kier molecular flexibility index (Phi) is 4.55. The fraction of sp³-hybridized carbons (Fsp3) is 0.174. The number of benzene rings is 2. The summed E-state index contributed by atoms with van der Waals surface area (Å²) in [6.45, 7) is 2.66. The first kappa shape index (κ1) is 17.2. The smallest absolute Gasteiger partial charge is 0.141 e. The standard InChI is InChI=1S/C23H22N2O2/c1-3-27-19-11-12-21-17(15-19)7-10-18(25(21)2)9-6-16-8-13-22(26)23-20(16)5-4-14-24-23/h4-15,18,26H,3H2,1-2H3/b9-6+. The Bertz CT molecular complexity index is 1040. The zero-order valence-electron chi connectivity index (χ0n) is 15.5. The van der Waals surface area contributed by atoms with Crippen molar-refractivity contribution in [3.63, 3.8) is 0 Å². The van der Waals surface area contributed by atoms with Crippen LogP contribution < -0.4 is 9.64 Å².